The van der Waals surface area contributed by atoms with Crippen molar-refractivity contribution in [1.82, 2.24) is 29.2 Å². The van der Waals surface area contributed by atoms with Gasteiger partial charge in [0.15, 0.2) is 5.82 Å². The molecule has 2 aromatic heterocycles. The van der Waals surface area contributed by atoms with Gasteiger partial charge in [-0.3, -0.25) is 10.1 Å². The van der Waals surface area contributed by atoms with Crippen LogP contribution in [0.15, 0.2) is 17.2 Å². The molecule has 1 atom stereocenters. The first-order chi connectivity index (χ1) is 12.6. The van der Waals surface area contributed by atoms with Gasteiger partial charge in [0.1, 0.15) is 5.82 Å². The molecule has 1 N–H and O–H groups in total. The fraction of sp³-hybridized carbons (Fsp3) is 0.588. The average Bonchev–Trinajstić information content (AvgIpc) is 3.28. The lowest BCUT2D eigenvalue weighted by Gasteiger charge is -2.33. The summed E-state index contributed by atoms with van der Waals surface area (Å²) in [5.41, 5.74) is -0.336. The van der Waals surface area contributed by atoms with E-state index in [4.69, 9.17) is 0 Å². The van der Waals surface area contributed by atoms with Crippen LogP contribution in [0.2, 0.25) is 0 Å². The second kappa shape index (κ2) is 6.54. The van der Waals surface area contributed by atoms with E-state index in [1.165, 1.54) is 36.4 Å². The Balaban J connectivity index is 1.53. The lowest BCUT2D eigenvalue weighted by molar-refractivity contribution is 0.171. The number of urea groups is 1. The Kier molecular flexibility index (Phi) is 4.21. The van der Waals surface area contributed by atoms with Crippen molar-refractivity contribution in [3.8, 4) is 0 Å². The zero-order chi connectivity index (χ0) is 18.3. The summed E-state index contributed by atoms with van der Waals surface area (Å²) in [6.45, 7) is 3.16. The van der Waals surface area contributed by atoms with Gasteiger partial charge in [0.25, 0.3) is 5.56 Å². The Morgan fingerprint density at radius 3 is 2.69 bits per heavy atom. The van der Waals surface area contributed by atoms with Crippen LogP contribution in [-0.2, 0) is 13.6 Å². The number of aromatic nitrogens is 5. The average molecular weight is 357 g/mol. The molecule has 2 aliphatic rings. The second-order valence-electron chi connectivity index (χ2n) is 7.04. The molecule has 138 valence electrons. The molecule has 3 heterocycles. The van der Waals surface area contributed by atoms with Crippen molar-refractivity contribution in [1.29, 1.82) is 0 Å². The lowest BCUT2D eigenvalue weighted by Crippen LogP contribution is -2.44. The summed E-state index contributed by atoms with van der Waals surface area (Å²) >= 11 is 0. The van der Waals surface area contributed by atoms with E-state index in [9.17, 15) is 9.59 Å². The van der Waals surface area contributed by atoms with Crippen LogP contribution < -0.4 is 10.9 Å². The van der Waals surface area contributed by atoms with Crippen LogP contribution in [0.4, 0.5) is 10.6 Å². The third-order valence-corrected chi connectivity index (χ3v) is 5.44. The number of anilines is 1. The minimum Gasteiger partial charge on any atom is -0.314 e. The Morgan fingerprint density at radius 1 is 1.19 bits per heavy atom. The molecule has 9 heteroatoms. The number of fused-ring (bicyclic) bond motifs is 1. The Bertz CT molecular complexity index is 881. The van der Waals surface area contributed by atoms with Gasteiger partial charge in [0.05, 0.1) is 6.04 Å². The number of hydrogen-bond acceptors (Lipinski definition) is 5. The zero-order valence-electron chi connectivity index (χ0n) is 15.1. The van der Waals surface area contributed by atoms with E-state index in [0.29, 0.717) is 19.0 Å². The summed E-state index contributed by atoms with van der Waals surface area (Å²) in [6, 6.07) is -0.552. The van der Waals surface area contributed by atoms with Crippen LogP contribution in [0.25, 0.3) is 0 Å². The normalized spacial score (nSPS) is 20.2. The van der Waals surface area contributed by atoms with Crippen molar-refractivity contribution in [2.75, 3.05) is 11.9 Å². The van der Waals surface area contributed by atoms with E-state index in [2.05, 4.69) is 25.1 Å². The maximum atomic E-state index is 12.7. The fourth-order valence-corrected chi connectivity index (χ4v) is 3.93. The number of carbonyl (C=O) groups is 1. The van der Waals surface area contributed by atoms with Crippen LogP contribution in [0.5, 0.6) is 0 Å². The van der Waals surface area contributed by atoms with Gasteiger partial charge in [-0.15, -0.1) is 10.2 Å². The summed E-state index contributed by atoms with van der Waals surface area (Å²) in [5, 5.41) is 11.4. The van der Waals surface area contributed by atoms with Crippen LogP contribution in [0.1, 0.15) is 56.2 Å². The first kappa shape index (κ1) is 16.7. The summed E-state index contributed by atoms with van der Waals surface area (Å²) in [7, 11) is 1.62. The number of carbonyl (C=O) groups excluding carboxylic acids is 1. The van der Waals surface area contributed by atoms with Gasteiger partial charge in [-0.05, 0) is 19.8 Å². The highest BCUT2D eigenvalue weighted by Crippen LogP contribution is 2.35. The highest BCUT2D eigenvalue weighted by atomic mass is 16.2. The third kappa shape index (κ3) is 2.77. The number of hydrogen-bond donors (Lipinski definition) is 1. The topological polar surface area (TPSA) is 97.9 Å². The van der Waals surface area contributed by atoms with Crippen molar-refractivity contribution >= 4 is 11.8 Å². The van der Waals surface area contributed by atoms with Crippen molar-refractivity contribution < 1.29 is 4.79 Å². The Morgan fingerprint density at radius 2 is 1.92 bits per heavy atom. The van der Waals surface area contributed by atoms with E-state index in [1.54, 1.807) is 18.1 Å². The number of nitrogens with one attached hydrogen (secondary N) is 1. The Hall–Kier alpha value is -2.71. The standard InChI is InChI=1S/C17H23N7O2/c1-11-14-20-21-15(12-5-3-4-6-12)24(14)10-9-23(11)17(26)19-13-16(25)22(2)8-7-18-13/h7-8,11-12H,3-6,9-10H2,1-2H3,(H,18,19,26). The summed E-state index contributed by atoms with van der Waals surface area (Å²) < 4.78 is 3.55. The van der Waals surface area contributed by atoms with Gasteiger partial charge in [-0.2, -0.15) is 0 Å². The van der Waals surface area contributed by atoms with Crippen molar-refractivity contribution in [2.45, 2.75) is 51.1 Å². The SMILES string of the molecule is CC1c2nnc(C3CCCC3)n2CCN1C(=O)Nc1nccn(C)c1=O. The zero-order valence-corrected chi connectivity index (χ0v) is 15.1. The third-order valence-electron chi connectivity index (χ3n) is 5.44. The molecule has 1 aliphatic carbocycles. The van der Waals surface area contributed by atoms with Gasteiger partial charge >= 0.3 is 6.03 Å². The van der Waals surface area contributed by atoms with Crippen molar-refractivity contribution in [2.24, 2.45) is 7.05 Å². The van der Waals surface area contributed by atoms with E-state index < -0.39 is 0 Å². The number of amides is 2. The van der Waals surface area contributed by atoms with Crippen LogP contribution in [-0.4, -0.2) is 41.8 Å². The van der Waals surface area contributed by atoms with Gasteiger partial charge in [0.2, 0.25) is 5.82 Å². The summed E-state index contributed by atoms with van der Waals surface area (Å²) in [6.07, 6.45) is 7.86. The molecule has 1 saturated carbocycles. The minimum atomic E-state index is -0.343. The van der Waals surface area contributed by atoms with Crippen LogP contribution in [0.3, 0.4) is 0 Å². The maximum Gasteiger partial charge on any atom is 0.323 e. The highest BCUT2D eigenvalue weighted by Gasteiger charge is 2.34. The van der Waals surface area contributed by atoms with Gasteiger partial charge in [0, 0.05) is 38.4 Å². The second-order valence-corrected chi connectivity index (χ2v) is 7.04. The highest BCUT2D eigenvalue weighted by molar-refractivity contribution is 5.88. The molecule has 26 heavy (non-hydrogen) atoms. The predicted molar refractivity (Wildman–Crippen MR) is 94.8 cm³/mol. The molecule has 0 spiro atoms. The summed E-state index contributed by atoms with van der Waals surface area (Å²) in [4.78, 5) is 30.4. The van der Waals surface area contributed by atoms with Crippen LogP contribution in [0, 0.1) is 0 Å². The number of nitrogens with zero attached hydrogens (tertiary/aromatic N) is 6. The minimum absolute atomic E-state index is 0.0332. The number of rotatable bonds is 2. The van der Waals surface area contributed by atoms with Crippen LogP contribution >= 0.6 is 0 Å². The van der Waals surface area contributed by atoms with Crippen molar-refractivity contribution in [3.05, 3.63) is 34.4 Å². The molecule has 0 saturated heterocycles. The molecule has 0 radical (unpaired) electrons. The van der Waals surface area contributed by atoms with Gasteiger partial charge in [-0.1, -0.05) is 12.8 Å². The smallest absolute Gasteiger partial charge is 0.314 e. The van der Waals surface area contributed by atoms with Gasteiger partial charge in [-0.25, -0.2) is 9.78 Å². The van der Waals surface area contributed by atoms with Gasteiger partial charge < -0.3 is 14.0 Å². The van der Waals surface area contributed by atoms with E-state index >= 15 is 0 Å². The molecule has 1 aliphatic heterocycles. The molecule has 4 rings (SSSR count). The lowest BCUT2D eigenvalue weighted by atomic mass is 10.1. The molecule has 9 nitrogen and oxygen atoms in total. The van der Waals surface area contributed by atoms with E-state index in [0.717, 1.165) is 11.6 Å². The molecule has 0 bridgehead atoms. The Labute approximate surface area is 151 Å². The first-order valence-electron chi connectivity index (χ1n) is 9.08. The molecule has 0 aromatic carbocycles. The van der Waals surface area contributed by atoms with E-state index in [1.807, 2.05) is 6.92 Å². The van der Waals surface area contributed by atoms with Crippen molar-refractivity contribution in [3.63, 3.8) is 0 Å². The first-order valence-corrected chi connectivity index (χ1v) is 9.08. The molecule has 1 fully saturated rings. The molecule has 2 amide bonds. The maximum absolute atomic E-state index is 12.7. The number of aryl methyl sites for hydroxylation is 1. The van der Waals surface area contributed by atoms with E-state index in [-0.39, 0.29) is 23.5 Å². The summed E-state index contributed by atoms with van der Waals surface area (Å²) in [5.74, 6) is 2.39. The molecular weight excluding hydrogens is 334 g/mol. The monoisotopic (exact) mass is 357 g/mol. The predicted octanol–water partition coefficient (Wildman–Crippen LogP) is 1.64. The molecule has 1 unspecified atom stereocenters. The largest absolute Gasteiger partial charge is 0.323 e. The molecular formula is C17H23N7O2. The molecule has 2 aromatic rings. The fourth-order valence-electron chi connectivity index (χ4n) is 3.93. The quantitative estimate of drug-likeness (QED) is 0.881.